The zero-order valence-corrected chi connectivity index (χ0v) is 12.6. The van der Waals surface area contributed by atoms with Crippen molar-refractivity contribution < 1.29 is 9.90 Å². The van der Waals surface area contributed by atoms with Crippen LogP contribution in [0.1, 0.15) is 30.0 Å². The highest BCUT2D eigenvalue weighted by atomic mass is 32.1. The van der Waals surface area contributed by atoms with Crippen molar-refractivity contribution in [2.75, 3.05) is 0 Å². The highest BCUT2D eigenvalue weighted by molar-refractivity contribution is 7.09. The second kappa shape index (κ2) is 7.19. The number of hydrogen-bond donors (Lipinski definition) is 3. The van der Waals surface area contributed by atoms with Crippen molar-refractivity contribution in [3.8, 4) is 5.75 Å². The standard InChI is InChI=1S/C15H19N3O2S/c1-2-13(15-17-7-8-21-15)18-14(20)12(16)9-10-3-5-11(19)6-4-10/h3-8,12-13,19H,2,9,16H2,1H3,(H,18,20). The second-order valence-corrected chi connectivity index (χ2v) is 5.74. The summed E-state index contributed by atoms with van der Waals surface area (Å²) in [6.45, 7) is 2.00. The molecule has 0 aliphatic rings. The number of phenols is 1. The molecule has 1 amide bonds. The van der Waals surface area contributed by atoms with Crippen LogP contribution < -0.4 is 11.1 Å². The molecule has 2 unspecified atom stereocenters. The summed E-state index contributed by atoms with van der Waals surface area (Å²) in [5.41, 5.74) is 6.87. The van der Waals surface area contributed by atoms with E-state index < -0.39 is 6.04 Å². The Hall–Kier alpha value is -1.92. The fourth-order valence-electron chi connectivity index (χ4n) is 2.00. The second-order valence-electron chi connectivity index (χ2n) is 4.82. The summed E-state index contributed by atoms with van der Waals surface area (Å²) < 4.78 is 0. The summed E-state index contributed by atoms with van der Waals surface area (Å²) in [5, 5.41) is 15.0. The Morgan fingerprint density at radius 3 is 2.71 bits per heavy atom. The van der Waals surface area contributed by atoms with Crippen molar-refractivity contribution in [2.24, 2.45) is 5.73 Å². The number of aromatic nitrogens is 1. The highest BCUT2D eigenvalue weighted by Crippen LogP contribution is 2.19. The number of phenolic OH excluding ortho intramolecular Hbond substituents is 1. The van der Waals surface area contributed by atoms with Gasteiger partial charge in [0.1, 0.15) is 10.8 Å². The first-order chi connectivity index (χ1) is 10.1. The summed E-state index contributed by atoms with van der Waals surface area (Å²) in [6.07, 6.45) is 2.93. The lowest BCUT2D eigenvalue weighted by Crippen LogP contribution is -2.43. The Morgan fingerprint density at radius 2 is 2.14 bits per heavy atom. The van der Waals surface area contributed by atoms with Crippen LogP contribution in [0.3, 0.4) is 0 Å². The Labute approximate surface area is 127 Å². The lowest BCUT2D eigenvalue weighted by Gasteiger charge is -2.18. The minimum absolute atomic E-state index is 0.0941. The van der Waals surface area contributed by atoms with Crippen molar-refractivity contribution >= 4 is 17.2 Å². The predicted octanol–water partition coefficient (Wildman–Crippen LogP) is 1.99. The Morgan fingerprint density at radius 1 is 1.43 bits per heavy atom. The first-order valence-corrected chi connectivity index (χ1v) is 7.71. The maximum absolute atomic E-state index is 12.2. The summed E-state index contributed by atoms with van der Waals surface area (Å²) in [6, 6.07) is 5.99. The van der Waals surface area contributed by atoms with Crippen molar-refractivity contribution in [1.82, 2.24) is 10.3 Å². The van der Waals surface area contributed by atoms with E-state index in [2.05, 4.69) is 10.3 Å². The minimum atomic E-state index is -0.622. The van der Waals surface area contributed by atoms with Gasteiger partial charge in [-0.1, -0.05) is 19.1 Å². The molecule has 0 saturated carbocycles. The number of thiazole rings is 1. The molecule has 0 spiro atoms. The Bertz CT molecular complexity index is 569. The molecule has 6 heteroatoms. The van der Waals surface area contributed by atoms with E-state index in [1.165, 1.54) is 11.3 Å². The maximum Gasteiger partial charge on any atom is 0.237 e. The topological polar surface area (TPSA) is 88.2 Å². The van der Waals surface area contributed by atoms with Crippen LogP contribution in [0.15, 0.2) is 35.8 Å². The molecule has 1 aromatic heterocycles. The molecule has 2 atom stereocenters. The van der Waals surface area contributed by atoms with Gasteiger partial charge in [-0.05, 0) is 30.5 Å². The van der Waals surface area contributed by atoms with E-state index >= 15 is 0 Å². The van der Waals surface area contributed by atoms with E-state index in [1.54, 1.807) is 30.5 Å². The van der Waals surface area contributed by atoms with Crippen LogP contribution in [0.4, 0.5) is 0 Å². The number of amides is 1. The van der Waals surface area contributed by atoms with Crippen LogP contribution in [0.2, 0.25) is 0 Å². The quantitative estimate of drug-likeness (QED) is 0.761. The number of nitrogens with two attached hydrogens (primary N) is 1. The van der Waals surface area contributed by atoms with Gasteiger partial charge in [-0.3, -0.25) is 4.79 Å². The molecule has 4 N–H and O–H groups in total. The van der Waals surface area contributed by atoms with Gasteiger partial charge in [-0.25, -0.2) is 4.98 Å². The smallest absolute Gasteiger partial charge is 0.237 e. The molecule has 0 fully saturated rings. The average molecular weight is 305 g/mol. The molecule has 1 aromatic carbocycles. The van der Waals surface area contributed by atoms with Crippen LogP contribution in [-0.4, -0.2) is 22.0 Å². The van der Waals surface area contributed by atoms with Crippen LogP contribution in [0, 0.1) is 0 Å². The molecule has 0 aliphatic heterocycles. The molecule has 0 aliphatic carbocycles. The fraction of sp³-hybridized carbons (Fsp3) is 0.333. The monoisotopic (exact) mass is 305 g/mol. The van der Waals surface area contributed by atoms with Gasteiger partial charge in [0.15, 0.2) is 0 Å². The molecule has 21 heavy (non-hydrogen) atoms. The van der Waals surface area contributed by atoms with Crippen LogP contribution in [0.5, 0.6) is 5.75 Å². The third-order valence-corrected chi connectivity index (χ3v) is 4.09. The van der Waals surface area contributed by atoms with Crippen LogP contribution in [-0.2, 0) is 11.2 Å². The van der Waals surface area contributed by atoms with Crippen molar-refractivity contribution in [3.63, 3.8) is 0 Å². The van der Waals surface area contributed by atoms with E-state index in [1.807, 2.05) is 12.3 Å². The molecule has 2 rings (SSSR count). The minimum Gasteiger partial charge on any atom is -0.508 e. The summed E-state index contributed by atoms with van der Waals surface area (Å²) in [7, 11) is 0. The molecule has 5 nitrogen and oxygen atoms in total. The van der Waals surface area contributed by atoms with E-state index in [0.29, 0.717) is 6.42 Å². The highest BCUT2D eigenvalue weighted by Gasteiger charge is 2.20. The molecular formula is C15H19N3O2S. The van der Waals surface area contributed by atoms with Gasteiger partial charge in [0.2, 0.25) is 5.91 Å². The average Bonchev–Trinajstić information content (AvgIpc) is 3.01. The summed E-state index contributed by atoms with van der Waals surface area (Å²) in [4.78, 5) is 16.4. The van der Waals surface area contributed by atoms with Crippen molar-refractivity contribution in [2.45, 2.75) is 31.8 Å². The van der Waals surface area contributed by atoms with E-state index in [-0.39, 0.29) is 17.7 Å². The van der Waals surface area contributed by atoms with E-state index in [0.717, 1.165) is 17.0 Å². The fourth-order valence-corrected chi connectivity index (χ4v) is 2.78. The summed E-state index contributed by atoms with van der Waals surface area (Å²) >= 11 is 1.52. The third kappa shape index (κ3) is 4.27. The molecule has 0 radical (unpaired) electrons. The number of hydrogen-bond acceptors (Lipinski definition) is 5. The lowest BCUT2D eigenvalue weighted by atomic mass is 10.1. The van der Waals surface area contributed by atoms with Gasteiger partial charge in [-0.15, -0.1) is 11.3 Å². The van der Waals surface area contributed by atoms with E-state index in [4.69, 9.17) is 5.73 Å². The number of aromatic hydroxyl groups is 1. The lowest BCUT2D eigenvalue weighted by molar-refractivity contribution is -0.123. The molecule has 112 valence electrons. The zero-order chi connectivity index (χ0) is 15.2. The van der Waals surface area contributed by atoms with Gasteiger partial charge in [0.05, 0.1) is 12.1 Å². The number of rotatable bonds is 6. The normalized spacial score (nSPS) is 13.6. The molecule has 2 aromatic rings. The first kappa shape index (κ1) is 15.5. The Balaban J connectivity index is 1.94. The molecule has 0 saturated heterocycles. The molecular weight excluding hydrogens is 286 g/mol. The number of nitrogens with one attached hydrogen (secondary N) is 1. The van der Waals surface area contributed by atoms with Gasteiger partial charge < -0.3 is 16.2 Å². The largest absolute Gasteiger partial charge is 0.508 e. The Kier molecular flexibility index (Phi) is 5.30. The number of carbonyl (C=O) groups excluding carboxylic acids is 1. The first-order valence-electron chi connectivity index (χ1n) is 6.83. The molecule has 0 bridgehead atoms. The van der Waals surface area contributed by atoms with Crippen LogP contribution in [0.25, 0.3) is 0 Å². The van der Waals surface area contributed by atoms with Gasteiger partial charge in [0, 0.05) is 11.6 Å². The SMILES string of the molecule is CCC(NC(=O)C(N)Cc1ccc(O)cc1)c1nccs1. The predicted molar refractivity (Wildman–Crippen MR) is 83.1 cm³/mol. The number of nitrogens with zero attached hydrogens (tertiary/aromatic N) is 1. The zero-order valence-electron chi connectivity index (χ0n) is 11.8. The maximum atomic E-state index is 12.2. The van der Waals surface area contributed by atoms with Gasteiger partial charge >= 0.3 is 0 Å². The molecule has 1 heterocycles. The van der Waals surface area contributed by atoms with Crippen molar-refractivity contribution in [1.29, 1.82) is 0 Å². The third-order valence-electron chi connectivity index (χ3n) is 3.20. The number of carbonyl (C=O) groups is 1. The van der Waals surface area contributed by atoms with Crippen molar-refractivity contribution in [3.05, 3.63) is 46.4 Å². The van der Waals surface area contributed by atoms with E-state index in [9.17, 15) is 9.90 Å². The van der Waals surface area contributed by atoms with Gasteiger partial charge in [0.25, 0.3) is 0 Å². The van der Waals surface area contributed by atoms with Gasteiger partial charge in [-0.2, -0.15) is 0 Å². The number of benzene rings is 1. The summed E-state index contributed by atoms with van der Waals surface area (Å²) in [5.74, 6) is 0.0108. The van der Waals surface area contributed by atoms with Crippen LogP contribution >= 0.6 is 11.3 Å².